The van der Waals surface area contributed by atoms with Gasteiger partial charge in [-0.15, -0.1) is 0 Å². The van der Waals surface area contributed by atoms with Gasteiger partial charge in [0.1, 0.15) is 14.7 Å². The van der Waals surface area contributed by atoms with Crippen LogP contribution in [0, 0.1) is 0 Å². The van der Waals surface area contributed by atoms with E-state index in [9.17, 15) is 4.79 Å². The van der Waals surface area contributed by atoms with Crippen molar-refractivity contribution in [1.82, 2.24) is 9.97 Å². The SMILES string of the molecule is NC1(C(=O)Nc2ncc(Br)nc2Br)CCOC1. The standard InChI is InChI=1S/C9H10Br2N4O2/c10-5-3-13-7(6(11)14-5)15-8(16)9(12)1-2-17-4-9/h3H,1-2,4,12H2,(H,13,15,16). The van der Waals surface area contributed by atoms with E-state index in [-0.39, 0.29) is 12.5 Å². The largest absolute Gasteiger partial charge is 0.379 e. The maximum Gasteiger partial charge on any atom is 0.248 e. The van der Waals surface area contributed by atoms with Crippen LogP contribution in [0.1, 0.15) is 6.42 Å². The molecule has 1 amide bonds. The molecule has 2 rings (SSSR count). The van der Waals surface area contributed by atoms with Crippen LogP contribution in [0.4, 0.5) is 5.82 Å². The molecule has 1 fully saturated rings. The lowest BCUT2D eigenvalue weighted by Crippen LogP contribution is -2.51. The Bertz CT molecular complexity index is 449. The topological polar surface area (TPSA) is 90.1 Å². The average Bonchev–Trinajstić information content (AvgIpc) is 2.71. The Kier molecular flexibility index (Phi) is 3.76. The Morgan fingerprint density at radius 1 is 1.59 bits per heavy atom. The second-order valence-electron chi connectivity index (χ2n) is 3.74. The van der Waals surface area contributed by atoms with E-state index in [1.54, 1.807) is 0 Å². The van der Waals surface area contributed by atoms with Gasteiger partial charge >= 0.3 is 0 Å². The second kappa shape index (κ2) is 4.97. The van der Waals surface area contributed by atoms with Crippen LogP contribution < -0.4 is 11.1 Å². The van der Waals surface area contributed by atoms with Gasteiger partial charge in [-0.2, -0.15) is 0 Å². The van der Waals surface area contributed by atoms with Crippen LogP contribution in [0.5, 0.6) is 0 Å². The molecule has 2 heterocycles. The first-order valence-corrected chi connectivity index (χ1v) is 6.46. The molecule has 1 aromatic rings. The average molecular weight is 366 g/mol. The molecule has 1 aromatic heterocycles. The molecular formula is C9H10Br2N4O2. The zero-order valence-corrected chi connectivity index (χ0v) is 11.9. The number of amides is 1. The molecule has 3 N–H and O–H groups in total. The number of hydrogen-bond donors (Lipinski definition) is 2. The Balaban J connectivity index is 2.13. The van der Waals surface area contributed by atoms with Crippen LogP contribution in [-0.4, -0.2) is 34.6 Å². The first-order chi connectivity index (χ1) is 8.01. The van der Waals surface area contributed by atoms with E-state index in [1.165, 1.54) is 6.20 Å². The van der Waals surface area contributed by atoms with E-state index in [1.807, 2.05) is 0 Å². The number of carbonyl (C=O) groups is 1. The van der Waals surface area contributed by atoms with Gasteiger partial charge in [0.05, 0.1) is 12.8 Å². The number of nitrogens with one attached hydrogen (secondary N) is 1. The number of carbonyl (C=O) groups excluding carboxylic acids is 1. The minimum absolute atomic E-state index is 0.223. The molecule has 8 heteroatoms. The minimum Gasteiger partial charge on any atom is -0.379 e. The van der Waals surface area contributed by atoms with Crippen molar-refractivity contribution >= 4 is 43.6 Å². The van der Waals surface area contributed by atoms with Crippen molar-refractivity contribution in [3.63, 3.8) is 0 Å². The fourth-order valence-corrected chi connectivity index (χ4v) is 2.33. The maximum absolute atomic E-state index is 12.0. The summed E-state index contributed by atoms with van der Waals surface area (Å²) >= 11 is 6.39. The van der Waals surface area contributed by atoms with Gasteiger partial charge in [-0.25, -0.2) is 9.97 Å². The van der Waals surface area contributed by atoms with Gasteiger partial charge in [0.25, 0.3) is 0 Å². The van der Waals surface area contributed by atoms with Gasteiger partial charge in [-0.3, -0.25) is 4.79 Å². The summed E-state index contributed by atoms with van der Waals surface area (Å²) in [7, 11) is 0. The highest BCUT2D eigenvalue weighted by molar-refractivity contribution is 9.11. The molecule has 0 aromatic carbocycles. The molecule has 1 unspecified atom stereocenters. The van der Waals surface area contributed by atoms with Crippen molar-refractivity contribution in [1.29, 1.82) is 0 Å². The van der Waals surface area contributed by atoms with E-state index in [2.05, 4.69) is 47.1 Å². The molecule has 0 saturated carbocycles. The number of anilines is 1. The van der Waals surface area contributed by atoms with Crippen LogP contribution in [-0.2, 0) is 9.53 Å². The molecule has 0 bridgehead atoms. The minimum atomic E-state index is -0.978. The number of ether oxygens (including phenoxy) is 1. The molecule has 0 radical (unpaired) electrons. The second-order valence-corrected chi connectivity index (χ2v) is 5.31. The molecule has 92 valence electrons. The Morgan fingerprint density at radius 3 is 2.94 bits per heavy atom. The molecule has 17 heavy (non-hydrogen) atoms. The number of halogens is 2. The lowest BCUT2D eigenvalue weighted by Gasteiger charge is -2.20. The van der Waals surface area contributed by atoms with E-state index >= 15 is 0 Å². The Labute approximate surface area is 115 Å². The summed E-state index contributed by atoms with van der Waals surface area (Å²) in [6.45, 7) is 0.720. The van der Waals surface area contributed by atoms with Crippen molar-refractivity contribution < 1.29 is 9.53 Å². The Morgan fingerprint density at radius 2 is 2.35 bits per heavy atom. The molecule has 0 spiro atoms. The lowest BCUT2D eigenvalue weighted by atomic mass is 9.99. The summed E-state index contributed by atoms with van der Waals surface area (Å²) in [5.41, 5.74) is 4.94. The fraction of sp³-hybridized carbons (Fsp3) is 0.444. The number of nitrogens with zero attached hydrogens (tertiary/aromatic N) is 2. The molecule has 6 nitrogen and oxygen atoms in total. The molecule has 1 aliphatic heterocycles. The summed E-state index contributed by atoms with van der Waals surface area (Å²) in [4.78, 5) is 20.1. The van der Waals surface area contributed by atoms with Gasteiger partial charge in [-0.05, 0) is 38.3 Å². The summed E-state index contributed by atoms with van der Waals surface area (Å²) in [6, 6.07) is 0. The van der Waals surface area contributed by atoms with Crippen molar-refractivity contribution in [3.05, 3.63) is 15.4 Å². The highest BCUT2D eigenvalue weighted by atomic mass is 79.9. The zero-order valence-electron chi connectivity index (χ0n) is 8.74. The highest BCUT2D eigenvalue weighted by Crippen LogP contribution is 2.22. The van der Waals surface area contributed by atoms with E-state index in [0.29, 0.717) is 28.1 Å². The van der Waals surface area contributed by atoms with Crippen LogP contribution in [0.2, 0.25) is 0 Å². The van der Waals surface area contributed by atoms with Crippen molar-refractivity contribution in [2.75, 3.05) is 18.5 Å². The first kappa shape index (κ1) is 12.9. The highest BCUT2D eigenvalue weighted by Gasteiger charge is 2.38. The van der Waals surface area contributed by atoms with Crippen molar-refractivity contribution in [3.8, 4) is 0 Å². The maximum atomic E-state index is 12.0. The normalized spacial score (nSPS) is 23.7. The number of rotatable bonds is 2. The van der Waals surface area contributed by atoms with Crippen molar-refractivity contribution in [2.24, 2.45) is 5.73 Å². The Hall–Kier alpha value is -0.570. The molecule has 1 atom stereocenters. The lowest BCUT2D eigenvalue weighted by molar-refractivity contribution is -0.121. The van der Waals surface area contributed by atoms with Crippen molar-refractivity contribution in [2.45, 2.75) is 12.0 Å². The number of aromatic nitrogens is 2. The summed E-state index contributed by atoms with van der Waals surface area (Å²) in [6.07, 6.45) is 2.00. The van der Waals surface area contributed by atoms with Gasteiger partial charge in [0.15, 0.2) is 5.82 Å². The third-order valence-electron chi connectivity index (χ3n) is 2.44. The summed E-state index contributed by atoms with van der Waals surface area (Å²) < 4.78 is 6.15. The third kappa shape index (κ3) is 2.82. The fourth-order valence-electron chi connectivity index (χ4n) is 1.42. The first-order valence-electron chi connectivity index (χ1n) is 4.87. The van der Waals surface area contributed by atoms with Crippen LogP contribution in [0.25, 0.3) is 0 Å². The number of nitrogens with two attached hydrogens (primary N) is 1. The molecular weight excluding hydrogens is 356 g/mol. The zero-order chi connectivity index (χ0) is 12.5. The van der Waals surface area contributed by atoms with Gasteiger partial charge in [0.2, 0.25) is 5.91 Å². The van der Waals surface area contributed by atoms with E-state index < -0.39 is 5.54 Å². The monoisotopic (exact) mass is 364 g/mol. The van der Waals surface area contributed by atoms with E-state index in [4.69, 9.17) is 10.5 Å². The summed E-state index contributed by atoms with van der Waals surface area (Å²) in [5, 5.41) is 2.63. The molecule has 1 saturated heterocycles. The van der Waals surface area contributed by atoms with Gasteiger partial charge in [0, 0.05) is 6.61 Å². The third-order valence-corrected chi connectivity index (χ3v) is 3.37. The van der Waals surface area contributed by atoms with Gasteiger partial charge < -0.3 is 15.8 Å². The van der Waals surface area contributed by atoms with Crippen LogP contribution in [0.3, 0.4) is 0 Å². The summed E-state index contributed by atoms with van der Waals surface area (Å²) in [5.74, 6) is 0.0299. The molecule has 1 aliphatic rings. The predicted molar refractivity (Wildman–Crippen MR) is 68.4 cm³/mol. The smallest absolute Gasteiger partial charge is 0.248 e. The van der Waals surface area contributed by atoms with Crippen LogP contribution >= 0.6 is 31.9 Å². The molecule has 0 aliphatic carbocycles. The van der Waals surface area contributed by atoms with Gasteiger partial charge in [-0.1, -0.05) is 0 Å². The van der Waals surface area contributed by atoms with Crippen LogP contribution in [0.15, 0.2) is 15.4 Å². The predicted octanol–water partition coefficient (Wildman–Crippen LogP) is 1.06. The van der Waals surface area contributed by atoms with E-state index in [0.717, 1.165) is 0 Å². The quantitative estimate of drug-likeness (QED) is 0.817. The number of hydrogen-bond acceptors (Lipinski definition) is 5.